The van der Waals surface area contributed by atoms with E-state index in [2.05, 4.69) is 5.32 Å². The first kappa shape index (κ1) is 12.5. The molecule has 0 aromatic heterocycles. The molecule has 2 unspecified atom stereocenters. The maximum atomic E-state index is 11.6. The molecule has 0 bridgehead atoms. The van der Waals surface area contributed by atoms with E-state index < -0.39 is 0 Å². The first-order valence-corrected chi connectivity index (χ1v) is 5.78. The molecule has 1 rings (SSSR count). The molecule has 4 nitrogen and oxygen atoms in total. The lowest BCUT2D eigenvalue weighted by Crippen LogP contribution is -2.36. The lowest BCUT2D eigenvalue weighted by molar-refractivity contribution is -0.124. The van der Waals surface area contributed by atoms with Crippen LogP contribution in [0.1, 0.15) is 39.0 Å². The molecule has 0 spiro atoms. The summed E-state index contributed by atoms with van der Waals surface area (Å²) in [4.78, 5) is 11.6. The largest absolute Gasteiger partial charge is 0.396 e. The van der Waals surface area contributed by atoms with Crippen LogP contribution in [0.4, 0.5) is 0 Å². The molecular formula is C11H21NO3. The molecule has 1 heterocycles. The first-order valence-electron chi connectivity index (χ1n) is 5.78. The number of rotatable bonds is 6. The SMILES string of the molecule is CCC(CCO)NC(=O)CC1CCCO1. The summed E-state index contributed by atoms with van der Waals surface area (Å²) in [5.74, 6) is 0.0437. The van der Waals surface area contributed by atoms with E-state index in [1.807, 2.05) is 6.92 Å². The van der Waals surface area contributed by atoms with Crippen LogP contribution in [0.5, 0.6) is 0 Å². The average molecular weight is 215 g/mol. The molecule has 1 amide bonds. The normalized spacial score (nSPS) is 22.7. The van der Waals surface area contributed by atoms with E-state index in [0.29, 0.717) is 12.8 Å². The third kappa shape index (κ3) is 4.62. The lowest BCUT2D eigenvalue weighted by Gasteiger charge is -2.17. The van der Waals surface area contributed by atoms with E-state index >= 15 is 0 Å². The average Bonchev–Trinajstić information content (AvgIpc) is 2.69. The van der Waals surface area contributed by atoms with Gasteiger partial charge in [-0.1, -0.05) is 6.92 Å². The van der Waals surface area contributed by atoms with Crippen LogP contribution in [0.2, 0.25) is 0 Å². The van der Waals surface area contributed by atoms with Crippen molar-refractivity contribution in [1.82, 2.24) is 5.32 Å². The topological polar surface area (TPSA) is 58.6 Å². The van der Waals surface area contributed by atoms with Gasteiger partial charge >= 0.3 is 0 Å². The predicted octanol–water partition coefficient (Wildman–Crippen LogP) is 0.833. The Morgan fingerprint density at radius 2 is 2.47 bits per heavy atom. The number of ether oxygens (including phenoxy) is 1. The number of hydrogen-bond donors (Lipinski definition) is 2. The number of aliphatic hydroxyl groups is 1. The molecular weight excluding hydrogens is 194 g/mol. The van der Waals surface area contributed by atoms with Gasteiger partial charge < -0.3 is 15.2 Å². The molecule has 2 atom stereocenters. The smallest absolute Gasteiger partial charge is 0.222 e. The van der Waals surface area contributed by atoms with Crippen molar-refractivity contribution >= 4 is 5.91 Å². The molecule has 0 saturated carbocycles. The molecule has 15 heavy (non-hydrogen) atoms. The highest BCUT2D eigenvalue weighted by Crippen LogP contribution is 2.15. The van der Waals surface area contributed by atoms with Gasteiger partial charge in [-0.2, -0.15) is 0 Å². The van der Waals surface area contributed by atoms with Gasteiger partial charge in [0.1, 0.15) is 0 Å². The van der Waals surface area contributed by atoms with Crippen LogP contribution in [0.25, 0.3) is 0 Å². The molecule has 1 aliphatic heterocycles. The van der Waals surface area contributed by atoms with E-state index in [4.69, 9.17) is 9.84 Å². The molecule has 1 fully saturated rings. The highest BCUT2D eigenvalue weighted by atomic mass is 16.5. The quantitative estimate of drug-likeness (QED) is 0.690. The Morgan fingerprint density at radius 3 is 3.00 bits per heavy atom. The van der Waals surface area contributed by atoms with Gasteiger partial charge in [0, 0.05) is 19.3 Å². The zero-order chi connectivity index (χ0) is 11.1. The summed E-state index contributed by atoms with van der Waals surface area (Å²) in [7, 11) is 0. The standard InChI is InChI=1S/C11H21NO3/c1-2-9(5-6-13)12-11(14)8-10-4-3-7-15-10/h9-10,13H,2-8H2,1H3,(H,12,14). The van der Waals surface area contributed by atoms with Crippen LogP contribution in [-0.2, 0) is 9.53 Å². The second-order valence-corrected chi connectivity index (χ2v) is 4.02. The van der Waals surface area contributed by atoms with Crippen molar-refractivity contribution in [3.63, 3.8) is 0 Å². The summed E-state index contributed by atoms with van der Waals surface area (Å²) in [5.41, 5.74) is 0. The fraction of sp³-hybridized carbons (Fsp3) is 0.909. The Labute approximate surface area is 91.0 Å². The fourth-order valence-electron chi connectivity index (χ4n) is 1.83. The van der Waals surface area contributed by atoms with Crippen molar-refractivity contribution in [2.24, 2.45) is 0 Å². The van der Waals surface area contributed by atoms with Crippen molar-refractivity contribution in [2.45, 2.75) is 51.2 Å². The predicted molar refractivity (Wildman–Crippen MR) is 57.5 cm³/mol. The molecule has 0 radical (unpaired) electrons. The van der Waals surface area contributed by atoms with E-state index in [-0.39, 0.29) is 24.7 Å². The van der Waals surface area contributed by atoms with Crippen LogP contribution in [-0.4, -0.2) is 36.4 Å². The van der Waals surface area contributed by atoms with Crippen molar-refractivity contribution < 1.29 is 14.6 Å². The molecule has 0 aliphatic carbocycles. The molecule has 2 N–H and O–H groups in total. The summed E-state index contributed by atoms with van der Waals surface area (Å²) >= 11 is 0. The third-order valence-electron chi connectivity index (χ3n) is 2.77. The summed E-state index contributed by atoms with van der Waals surface area (Å²) in [5, 5.41) is 11.7. The van der Waals surface area contributed by atoms with Gasteiger partial charge in [-0.05, 0) is 25.7 Å². The van der Waals surface area contributed by atoms with Gasteiger partial charge in [0.2, 0.25) is 5.91 Å². The summed E-state index contributed by atoms with van der Waals surface area (Å²) in [6.45, 7) is 2.91. The highest BCUT2D eigenvalue weighted by molar-refractivity contribution is 5.76. The molecule has 4 heteroatoms. The van der Waals surface area contributed by atoms with Crippen molar-refractivity contribution in [3.05, 3.63) is 0 Å². The van der Waals surface area contributed by atoms with E-state index in [1.165, 1.54) is 0 Å². The van der Waals surface area contributed by atoms with Gasteiger partial charge in [0.15, 0.2) is 0 Å². The second kappa shape index (κ2) is 6.80. The number of aliphatic hydroxyl groups excluding tert-OH is 1. The van der Waals surface area contributed by atoms with Crippen LogP contribution in [0.15, 0.2) is 0 Å². The van der Waals surface area contributed by atoms with E-state index in [1.54, 1.807) is 0 Å². The monoisotopic (exact) mass is 215 g/mol. The van der Waals surface area contributed by atoms with Gasteiger partial charge in [-0.25, -0.2) is 0 Å². The van der Waals surface area contributed by atoms with Crippen molar-refractivity contribution in [1.29, 1.82) is 0 Å². The van der Waals surface area contributed by atoms with Crippen molar-refractivity contribution in [2.75, 3.05) is 13.2 Å². The van der Waals surface area contributed by atoms with Gasteiger partial charge in [0.25, 0.3) is 0 Å². The van der Waals surface area contributed by atoms with E-state index in [0.717, 1.165) is 25.9 Å². The Balaban J connectivity index is 2.20. The zero-order valence-corrected chi connectivity index (χ0v) is 9.37. The summed E-state index contributed by atoms with van der Waals surface area (Å²) in [6.07, 6.45) is 4.11. The Hall–Kier alpha value is -0.610. The lowest BCUT2D eigenvalue weighted by atomic mass is 10.1. The number of nitrogens with one attached hydrogen (secondary N) is 1. The number of carbonyl (C=O) groups excluding carboxylic acids is 1. The van der Waals surface area contributed by atoms with Gasteiger partial charge in [-0.15, -0.1) is 0 Å². The number of amides is 1. The maximum absolute atomic E-state index is 11.6. The number of hydrogen-bond acceptors (Lipinski definition) is 3. The Bertz CT molecular complexity index is 190. The zero-order valence-electron chi connectivity index (χ0n) is 9.37. The molecule has 0 aromatic carbocycles. The minimum atomic E-state index is 0.0437. The second-order valence-electron chi connectivity index (χ2n) is 4.02. The Morgan fingerprint density at radius 1 is 1.67 bits per heavy atom. The summed E-state index contributed by atoms with van der Waals surface area (Å²) in [6, 6.07) is 0.101. The maximum Gasteiger partial charge on any atom is 0.222 e. The molecule has 1 saturated heterocycles. The molecule has 88 valence electrons. The third-order valence-corrected chi connectivity index (χ3v) is 2.77. The van der Waals surface area contributed by atoms with Gasteiger partial charge in [-0.3, -0.25) is 4.79 Å². The minimum absolute atomic E-state index is 0.0437. The van der Waals surface area contributed by atoms with E-state index in [9.17, 15) is 4.79 Å². The minimum Gasteiger partial charge on any atom is -0.396 e. The number of carbonyl (C=O) groups is 1. The van der Waals surface area contributed by atoms with Crippen LogP contribution in [0, 0.1) is 0 Å². The van der Waals surface area contributed by atoms with Gasteiger partial charge in [0.05, 0.1) is 12.5 Å². The van der Waals surface area contributed by atoms with Crippen LogP contribution < -0.4 is 5.32 Å². The van der Waals surface area contributed by atoms with Crippen molar-refractivity contribution in [3.8, 4) is 0 Å². The highest BCUT2D eigenvalue weighted by Gasteiger charge is 2.20. The van der Waals surface area contributed by atoms with Crippen LogP contribution in [0.3, 0.4) is 0 Å². The fourth-order valence-corrected chi connectivity index (χ4v) is 1.83. The Kier molecular flexibility index (Phi) is 5.65. The first-order chi connectivity index (χ1) is 7.26. The molecule has 1 aliphatic rings. The van der Waals surface area contributed by atoms with Crippen LogP contribution >= 0.6 is 0 Å². The molecule has 0 aromatic rings. The summed E-state index contributed by atoms with van der Waals surface area (Å²) < 4.78 is 5.39.